The van der Waals surface area contributed by atoms with Gasteiger partial charge in [0, 0.05) is 17.0 Å². The molecule has 1 aliphatic rings. The second-order valence-electron chi connectivity index (χ2n) is 10.3. The zero-order valence-corrected chi connectivity index (χ0v) is 21.2. The van der Waals surface area contributed by atoms with Crippen molar-refractivity contribution in [3.63, 3.8) is 0 Å². The minimum absolute atomic E-state index is 0.0242. The molecule has 33 heavy (non-hydrogen) atoms. The van der Waals surface area contributed by atoms with Gasteiger partial charge in [-0.1, -0.05) is 58.5 Å². The van der Waals surface area contributed by atoms with Crippen LogP contribution in [0.5, 0.6) is 5.75 Å². The van der Waals surface area contributed by atoms with Gasteiger partial charge in [0.2, 0.25) is 0 Å². The number of aryl methyl sites for hydroxylation is 2. The predicted molar refractivity (Wildman–Crippen MR) is 135 cm³/mol. The first-order chi connectivity index (χ1) is 15.3. The number of esters is 1. The van der Waals surface area contributed by atoms with Crippen LogP contribution in [-0.4, -0.2) is 21.8 Å². The molecule has 0 fully saturated rings. The molecule has 0 aliphatic carbocycles. The maximum atomic E-state index is 13.2. The number of ether oxygens (including phenoxy) is 1. The van der Waals surface area contributed by atoms with Crippen LogP contribution in [0.1, 0.15) is 64.2 Å². The monoisotopic (exact) mass is 469 g/mol. The second kappa shape index (κ2) is 9.34. The summed E-state index contributed by atoms with van der Waals surface area (Å²) in [4.78, 5) is 14.3. The molecule has 5 nitrogen and oxygen atoms in total. The van der Waals surface area contributed by atoms with E-state index in [1.807, 2.05) is 45.0 Å². The van der Waals surface area contributed by atoms with E-state index in [9.17, 15) is 15.0 Å². The SMILES string of the molecule is Cc1cc(SC2=C(O)C[C@@](CCc3ccc(O)cc3)(C(C)C)OC2=O)c(C(C)(C)C)cc1N. The van der Waals surface area contributed by atoms with Crippen LogP contribution in [0.15, 0.2) is 52.0 Å². The molecule has 0 aromatic heterocycles. The lowest BCUT2D eigenvalue weighted by Gasteiger charge is -2.40. The molecule has 0 amide bonds. The molecule has 1 atom stereocenters. The molecular weight excluding hydrogens is 434 g/mol. The summed E-state index contributed by atoms with van der Waals surface area (Å²) in [5.41, 5.74) is 8.90. The first kappa shape index (κ1) is 25.0. The summed E-state index contributed by atoms with van der Waals surface area (Å²) in [5.74, 6) is -0.171. The number of anilines is 1. The molecule has 178 valence electrons. The van der Waals surface area contributed by atoms with Crippen molar-refractivity contribution in [2.45, 2.75) is 76.7 Å². The van der Waals surface area contributed by atoms with Gasteiger partial charge in [-0.15, -0.1) is 0 Å². The average Bonchev–Trinajstić information content (AvgIpc) is 2.71. The van der Waals surface area contributed by atoms with E-state index in [1.54, 1.807) is 12.1 Å². The quantitative estimate of drug-likeness (QED) is 0.334. The number of phenolic OH excluding ortho intramolecular Hbond substituents is 1. The van der Waals surface area contributed by atoms with Crippen LogP contribution in [0.25, 0.3) is 0 Å². The van der Waals surface area contributed by atoms with Gasteiger partial charge >= 0.3 is 5.97 Å². The Bertz CT molecular complexity index is 1070. The maximum Gasteiger partial charge on any atom is 0.349 e. The van der Waals surface area contributed by atoms with Gasteiger partial charge in [0.1, 0.15) is 22.0 Å². The lowest BCUT2D eigenvalue weighted by molar-refractivity contribution is -0.164. The smallest absolute Gasteiger partial charge is 0.349 e. The number of aliphatic hydroxyl groups excluding tert-OH is 1. The van der Waals surface area contributed by atoms with Crippen LogP contribution >= 0.6 is 11.8 Å². The number of hydrogen-bond donors (Lipinski definition) is 3. The van der Waals surface area contributed by atoms with Gasteiger partial charge in [0.05, 0.1) is 0 Å². The molecule has 3 rings (SSSR count). The third-order valence-electron chi connectivity index (χ3n) is 6.42. The number of carbonyl (C=O) groups is 1. The van der Waals surface area contributed by atoms with E-state index in [0.29, 0.717) is 18.5 Å². The first-order valence-corrected chi connectivity index (χ1v) is 12.2. The van der Waals surface area contributed by atoms with Crippen molar-refractivity contribution in [2.75, 3.05) is 5.73 Å². The largest absolute Gasteiger partial charge is 0.511 e. The van der Waals surface area contributed by atoms with E-state index in [0.717, 1.165) is 21.6 Å². The number of aromatic hydroxyl groups is 1. The summed E-state index contributed by atoms with van der Waals surface area (Å²) in [5, 5.41) is 20.6. The average molecular weight is 470 g/mol. The number of benzene rings is 2. The van der Waals surface area contributed by atoms with Gasteiger partial charge in [-0.05, 0) is 72.1 Å². The fraction of sp³-hybridized carbons (Fsp3) is 0.444. The fourth-order valence-corrected chi connectivity index (χ4v) is 5.34. The number of nitrogens with two attached hydrogens (primary N) is 1. The third kappa shape index (κ3) is 5.49. The molecular formula is C27H35NO4S. The highest BCUT2D eigenvalue weighted by Gasteiger charge is 2.44. The molecule has 4 N–H and O–H groups in total. The number of phenols is 1. The zero-order valence-electron chi connectivity index (χ0n) is 20.4. The summed E-state index contributed by atoms with van der Waals surface area (Å²) in [6.07, 6.45) is 1.53. The second-order valence-corrected chi connectivity index (χ2v) is 11.3. The Kier molecular flexibility index (Phi) is 7.08. The summed E-state index contributed by atoms with van der Waals surface area (Å²) >= 11 is 1.26. The highest BCUT2D eigenvalue weighted by Crippen LogP contribution is 2.45. The third-order valence-corrected chi connectivity index (χ3v) is 7.59. The molecule has 0 saturated carbocycles. The van der Waals surface area contributed by atoms with Crippen LogP contribution in [0, 0.1) is 12.8 Å². The molecule has 2 aromatic rings. The highest BCUT2D eigenvalue weighted by atomic mass is 32.2. The van der Waals surface area contributed by atoms with Crippen LogP contribution in [0.3, 0.4) is 0 Å². The molecule has 6 heteroatoms. The van der Waals surface area contributed by atoms with Crippen molar-refractivity contribution in [3.05, 3.63) is 63.8 Å². The Morgan fingerprint density at radius 1 is 1.15 bits per heavy atom. The lowest BCUT2D eigenvalue weighted by atomic mass is 9.80. The van der Waals surface area contributed by atoms with Crippen molar-refractivity contribution in [3.8, 4) is 5.75 Å². The summed E-state index contributed by atoms with van der Waals surface area (Å²) < 4.78 is 6.06. The number of carbonyl (C=O) groups excluding carboxylic acids is 1. The van der Waals surface area contributed by atoms with Gasteiger partial charge < -0.3 is 20.7 Å². The molecule has 0 saturated heterocycles. The Labute approximate surface area is 201 Å². The number of thioether (sulfide) groups is 1. The number of nitrogen functional groups attached to an aromatic ring is 1. The molecule has 2 aromatic carbocycles. The van der Waals surface area contributed by atoms with E-state index < -0.39 is 11.6 Å². The van der Waals surface area contributed by atoms with Crippen LogP contribution in [0.2, 0.25) is 0 Å². The molecule has 1 heterocycles. The summed E-state index contributed by atoms with van der Waals surface area (Å²) in [6.45, 7) is 12.3. The Morgan fingerprint density at radius 3 is 2.33 bits per heavy atom. The Morgan fingerprint density at radius 2 is 1.79 bits per heavy atom. The van der Waals surface area contributed by atoms with Crippen LogP contribution in [-0.2, 0) is 21.4 Å². The van der Waals surface area contributed by atoms with E-state index in [-0.39, 0.29) is 34.2 Å². The molecule has 0 unspecified atom stereocenters. The van der Waals surface area contributed by atoms with Crippen LogP contribution in [0.4, 0.5) is 5.69 Å². The maximum absolute atomic E-state index is 13.2. The van der Waals surface area contributed by atoms with Gasteiger partial charge in [-0.25, -0.2) is 4.79 Å². The number of rotatable bonds is 6. The number of hydrogen-bond acceptors (Lipinski definition) is 6. The minimum atomic E-state index is -0.785. The van der Waals surface area contributed by atoms with Crippen molar-refractivity contribution in [2.24, 2.45) is 5.92 Å². The summed E-state index contributed by atoms with van der Waals surface area (Å²) in [6, 6.07) is 11.0. The predicted octanol–water partition coefficient (Wildman–Crippen LogP) is 6.42. The minimum Gasteiger partial charge on any atom is -0.511 e. The molecule has 1 aliphatic heterocycles. The van der Waals surface area contributed by atoms with Crippen molar-refractivity contribution in [1.82, 2.24) is 0 Å². The van der Waals surface area contributed by atoms with Gasteiger partial charge in [-0.2, -0.15) is 0 Å². The zero-order chi connectivity index (χ0) is 24.6. The molecule has 0 spiro atoms. The standard InChI is InChI=1S/C27H35NO4S/c1-16(2)27(12-11-18-7-9-19(29)10-8-18)15-22(30)24(25(31)32-27)33-23-13-17(3)21(28)14-20(23)26(4,5)6/h7-10,13-14,16,29-30H,11-12,15,28H2,1-6H3/t27-/m0/s1. The number of cyclic esters (lactones) is 1. The molecule has 0 radical (unpaired) electrons. The Hall–Kier alpha value is -2.60. The number of aliphatic hydroxyl groups is 1. The van der Waals surface area contributed by atoms with E-state index in [2.05, 4.69) is 20.8 Å². The van der Waals surface area contributed by atoms with Crippen molar-refractivity contribution >= 4 is 23.4 Å². The van der Waals surface area contributed by atoms with Crippen molar-refractivity contribution in [1.29, 1.82) is 0 Å². The normalized spacial score (nSPS) is 19.2. The van der Waals surface area contributed by atoms with Crippen molar-refractivity contribution < 1.29 is 19.7 Å². The van der Waals surface area contributed by atoms with E-state index in [1.165, 1.54) is 11.8 Å². The highest BCUT2D eigenvalue weighted by molar-refractivity contribution is 8.04. The van der Waals surface area contributed by atoms with E-state index >= 15 is 0 Å². The first-order valence-electron chi connectivity index (χ1n) is 11.3. The fourth-order valence-electron chi connectivity index (χ4n) is 4.10. The van der Waals surface area contributed by atoms with Crippen LogP contribution < -0.4 is 5.73 Å². The van der Waals surface area contributed by atoms with Gasteiger partial charge in [-0.3, -0.25) is 0 Å². The Balaban J connectivity index is 1.90. The topological polar surface area (TPSA) is 92.8 Å². The van der Waals surface area contributed by atoms with Gasteiger partial charge in [0.15, 0.2) is 0 Å². The van der Waals surface area contributed by atoms with Gasteiger partial charge in [0.25, 0.3) is 0 Å². The lowest BCUT2D eigenvalue weighted by Crippen LogP contribution is -2.44. The van der Waals surface area contributed by atoms with E-state index in [4.69, 9.17) is 10.5 Å². The molecule has 0 bridgehead atoms. The summed E-state index contributed by atoms with van der Waals surface area (Å²) in [7, 11) is 0.